The molecule has 1 N–H and O–H groups in total. The van der Waals surface area contributed by atoms with E-state index in [2.05, 4.69) is 4.90 Å². The number of aromatic hydroxyl groups is 1. The summed E-state index contributed by atoms with van der Waals surface area (Å²) < 4.78 is 5.24. The summed E-state index contributed by atoms with van der Waals surface area (Å²) in [7, 11) is 1.78. The fourth-order valence-electron chi connectivity index (χ4n) is 2.53. The highest BCUT2D eigenvalue weighted by molar-refractivity contribution is 5.25. The lowest BCUT2D eigenvalue weighted by atomic mass is 9.98. The smallest absolute Gasteiger partial charge is 0.115 e. The largest absolute Gasteiger partial charge is 0.508 e. The summed E-state index contributed by atoms with van der Waals surface area (Å²) in [5, 5.41) is 9.24. The molecule has 0 saturated carbocycles. The second kappa shape index (κ2) is 6.03. The molecule has 0 bridgehead atoms. The molecule has 1 aromatic carbocycles. The Morgan fingerprint density at radius 2 is 2.12 bits per heavy atom. The quantitative estimate of drug-likeness (QED) is 0.869. The average molecular weight is 235 g/mol. The number of nitrogens with zero attached hydrogens (tertiary/aromatic N) is 1. The average Bonchev–Trinajstić information content (AvgIpc) is 2.33. The number of phenolic OH excluding ortho intramolecular Hbond substituents is 1. The van der Waals surface area contributed by atoms with Crippen LogP contribution in [0.1, 0.15) is 18.4 Å². The van der Waals surface area contributed by atoms with Gasteiger partial charge < -0.3 is 9.84 Å². The van der Waals surface area contributed by atoms with Crippen molar-refractivity contribution >= 4 is 0 Å². The SMILES string of the molecule is COCC1CCCN(Cc2ccc(O)cc2)C1. The number of ether oxygens (including phenoxy) is 1. The van der Waals surface area contributed by atoms with Crippen molar-refractivity contribution in [3.63, 3.8) is 0 Å². The predicted molar refractivity (Wildman–Crippen MR) is 68.0 cm³/mol. The van der Waals surface area contributed by atoms with E-state index in [0.717, 1.165) is 19.7 Å². The van der Waals surface area contributed by atoms with Crippen LogP contribution in [-0.4, -0.2) is 36.8 Å². The molecule has 3 heteroatoms. The van der Waals surface area contributed by atoms with Crippen LogP contribution in [0.25, 0.3) is 0 Å². The van der Waals surface area contributed by atoms with E-state index >= 15 is 0 Å². The van der Waals surface area contributed by atoms with Crippen molar-refractivity contribution in [3.8, 4) is 5.75 Å². The molecule has 1 aliphatic rings. The molecule has 0 radical (unpaired) electrons. The van der Waals surface area contributed by atoms with Gasteiger partial charge in [0, 0.05) is 20.2 Å². The molecule has 0 amide bonds. The maximum absolute atomic E-state index is 9.24. The maximum Gasteiger partial charge on any atom is 0.115 e. The minimum atomic E-state index is 0.338. The molecule has 0 spiro atoms. The van der Waals surface area contributed by atoms with Crippen molar-refractivity contribution in [1.29, 1.82) is 0 Å². The second-order valence-electron chi connectivity index (χ2n) is 4.87. The topological polar surface area (TPSA) is 32.7 Å². The van der Waals surface area contributed by atoms with Crippen LogP contribution < -0.4 is 0 Å². The van der Waals surface area contributed by atoms with Crippen LogP contribution >= 0.6 is 0 Å². The van der Waals surface area contributed by atoms with Gasteiger partial charge in [0.25, 0.3) is 0 Å². The molecule has 3 nitrogen and oxygen atoms in total. The van der Waals surface area contributed by atoms with Gasteiger partial charge in [-0.2, -0.15) is 0 Å². The third-order valence-electron chi connectivity index (χ3n) is 3.35. The Kier molecular flexibility index (Phi) is 4.40. The summed E-state index contributed by atoms with van der Waals surface area (Å²) in [4.78, 5) is 2.47. The first-order valence-corrected chi connectivity index (χ1v) is 6.27. The Morgan fingerprint density at radius 1 is 1.35 bits per heavy atom. The predicted octanol–water partition coefficient (Wildman–Crippen LogP) is 2.25. The number of hydrogen-bond donors (Lipinski definition) is 1. The van der Waals surface area contributed by atoms with E-state index in [4.69, 9.17) is 4.74 Å². The standard InChI is InChI=1S/C14H21NO2/c1-17-11-13-3-2-8-15(10-13)9-12-4-6-14(16)7-5-12/h4-7,13,16H,2-3,8-11H2,1H3. The van der Waals surface area contributed by atoms with Gasteiger partial charge in [-0.25, -0.2) is 0 Å². The van der Waals surface area contributed by atoms with Crippen molar-refractivity contribution in [1.82, 2.24) is 4.90 Å². The summed E-state index contributed by atoms with van der Waals surface area (Å²) in [5.74, 6) is 1.01. The molecule has 1 aliphatic heterocycles. The number of hydrogen-bond acceptors (Lipinski definition) is 3. The molecular weight excluding hydrogens is 214 g/mol. The Morgan fingerprint density at radius 3 is 2.82 bits per heavy atom. The summed E-state index contributed by atoms with van der Waals surface area (Å²) in [5.41, 5.74) is 1.26. The Labute approximate surface area is 103 Å². The van der Waals surface area contributed by atoms with Crippen molar-refractivity contribution < 1.29 is 9.84 Å². The maximum atomic E-state index is 9.24. The highest BCUT2D eigenvalue weighted by atomic mass is 16.5. The monoisotopic (exact) mass is 235 g/mol. The summed E-state index contributed by atoms with van der Waals surface area (Å²) in [6.45, 7) is 4.13. The molecule has 17 heavy (non-hydrogen) atoms. The molecule has 2 rings (SSSR count). The van der Waals surface area contributed by atoms with Gasteiger partial charge in [0.1, 0.15) is 5.75 Å². The number of phenols is 1. The third kappa shape index (κ3) is 3.72. The third-order valence-corrected chi connectivity index (χ3v) is 3.35. The fourth-order valence-corrected chi connectivity index (χ4v) is 2.53. The van der Waals surface area contributed by atoms with Gasteiger partial charge in [-0.3, -0.25) is 4.90 Å². The van der Waals surface area contributed by atoms with Crippen LogP contribution in [0.2, 0.25) is 0 Å². The number of rotatable bonds is 4. The van der Waals surface area contributed by atoms with Crippen LogP contribution in [0, 0.1) is 5.92 Å². The number of benzene rings is 1. The van der Waals surface area contributed by atoms with Gasteiger partial charge in [0.2, 0.25) is 0 Å². The molecule has 1 saturated heterocycles. The zero-order valence-corrected chi connectivity index (χ0v) is 10.4. The van der Waals surface area contributed by atoms with E-state index in [1.807, 2.05) is 12.1 Å². The van der Waals surface area contributed by atoms with E-state index in [1.165, 1.54) is 24.9 Å². The highest BCUT2D eigenvalue weighted by Crippen LogP contribution is 2.19. The van der Waals surface area contributed by atoms with Crippen LogP contribution in [0.15, 0.2) is 24.3 Å². The minimum absolute atomic E-state index is 0.338. The summed E-state index contributed by atoms with van der Waals surface area (Å²) in [6.07, 6.45) is 2.53. The lowest BCUT2D eigenvalue weighted by Crippen LogP contribution is -2.36. The van der Waals surface area contributed by atoms with E-state index in [-0.39, 0.29) is 0 Å². The van der Waals surface area contributed by atoms with Gasteiger partial charge in [0.15, 0.2) is 0 Å². The van der Waals surface area contributed by atoms with Gasteiger partial charge in [-0.15, -0.1) is 0 Å². The Hall–Kier alpha value is -1.06. The number of methoxy groups -OCH3 is 1. The van der Waals surface area contributed by atoms with E-state index < -0.39 is 0 Å². The Balaban J connectivity index is 1.87. The molecule has 1 fully saturated rings. The summed E-state index contributed by atoms with van der Waals surface area (Å²) >= 11 is 0. The second-order valence-corrected chi connectivity index (χ2v) is 4.87. The first-order chi connectivity index (χ1) is 8.28. The zero-order chi connectivity index (χ0) is 12.1. The van der Waals surface area contributed by atoms with Crippen molar-refractivity contribution in [2.24, 2.45) is 5.92 Å². The highest BCUT2D eigenvalue weighted by Gasteiger charge is 2.19. The molecule has 0 aliphatic carbocycles. The van der Waals surface area contributed by atoms with Gasteiger partial charge in [0.05, 0.1) is 6.61 Å². The molecule has 1 atom stereocenters. The lowest BCUT2D eigenvalue weighted by Gasteiger charge is -2.32. The van der Waals surface area contributed by atoms with Gasteiger partial charge >= 0.3 is 0 Å². The summed E-state index contributed by atoms with van der Waals surface area (Å²) in [6, 6.07) is 7.50. The lowest BCUT2D eigenvalue weighted by molar-refractivity contribution is 0.0874. The first-order valence-electron chi connectivity index (χ1n) is 6.27. The van der Waals surface area contributed by atoms with Crippen molar-refractivity contribution in [3.05, 3.63) is 29.8 Å². The van der Waals surface area contributed by atoms with E-state index in [9.17, 15) is 5.11 Å². The zero-order valence-electron chi connectivity index (χ0n) is 10.4. The van der Waals surface area contributed by atoms with E-state index in [1.54, 1.807) is 19.2 Å². The van der Waals surface area contributed by atoms with Crippen LogP contribution in [-0.2, 0) is 11.3 Å². The van der Waals surface area contributed by atoms with Crippen LogP contribution in [0.3, 0.4) is 0 Å². The van der Waals surface area contributed by atoms with Crippen LogP contribution in [0.4, 0.5) is 0 Å². The minimum Gasteiger partial charge on any atom is -0.508 e. The van der Waals surface area contributed by atoms with Crippen molar-refractivity contribution in [2.75, 3.05) is 26.8 Å². The molecule has 94 valence electrons. The van der Waals surface area contributed by atoms with Crippen molar-refractivity contribution in [2.45, 2.75) is 19.4 Å². The number of likely N-dealkylation sites (tertiary alicyclic amines) is 1. The normalized spacial score (nSPS) is 21.6. The molecule has 0 aromatic heterocycles. The fraction of sp³-hybridized carbons (Fsp3) is 0.571. The Bertz CT molecular complexity index is 335. The van der Waals surface area contributed by atoms with Gasteiger partial charge in [-0.05, 0) is 43.0 Å². The molecule has 1 aromatic rings. The number of piperidine rings is 1. The molecular formula is C14H21NO2. The molecule has 1 unspecified atom stereocenters. The first kappa shape index (κ1) is 12.4. The van der Waals surface area contributed by atoms with E-state index in [0.29, 0.717) is 11.7 Å². The van der Waals surface area contributed by atoms with Gasteiger partial charge in [-0.1, -0.05) is 12.1 Å². The van der Waals surface area contributed by atoms with Crippen LogP contribution in [0.5, 0.6) is 5.75 Å². The molecule has 1 heterocycles.